The molecule has 702 valence electrons. The number of hydrogen-bond donors (Lipinski definition) is 9. The molecule has 117 heavy (non-hydrogen) atoms. The molecule has 0 saturated heterocycles. The van der Waals surface area contributed by atoms with E-state index in [1.165, 1.54) is 199 Å². The normalized spacial score (nSPS) is 35.7. The van der Waals surface area contributed by atoms with E-state index in [2.05, 4.69) is 215 Å². The van der Waals surface area contributed by atoms with Crippen molar-refractivity contribution in [3.8, 4) is 0 Å². The van der Waals surface area contributed by atoms with E-state index in [0.717, 1.165) is 117 Å². The first-order valence-corrected chi connectivity index (χ1v) is 51.7. The highest BCUT2D eigenvalue weighted by Crippen LogP contribution is 2.48. The molecular weight excluding hydrogens is 1440 g/mol. The number of hydrogen-bond acceptors (Lipinski definition) is 9. The summed E-state index contributed by atoms with van der Waals surface area (Å²) >= 11 is 0. The van der Waals surface area contributed by atoms with Gasteiger partial charge in [0.2, 0.25) is 0 Å². The van der Waals surface area contributed by atoms with Crippen LogP contribution in [0.25, 0.3) is 0 Å². The van der Waals surface area contributed by atoms with Crippen molar-refractivity contribution in [3.05, 3.63) is 0 Å². The molecule has 0 aromatic heterocycles. The molecule has 9 heteroatoms. The molecule has 9 rings (SSSR count). The van der Waals surface area contributed by atoms with Crippen molar-refractivity contribution in [2.45, 2.75) is 533 Å². The number of aliphatic hydroxyl groups excluding tert-OH is 9. The molecule has 9 aliphatic rings. The van der Waals surface area contributed by atoms with E-state index in [-0.39, 0.29) is 65.8 Å². The Morgan fingerprint density at radius 3 is 1.18 bits per heavy atom. The van der Waals surface area contributed by atoms with Gasteiger partial charge in [-0.25, -0.2) is 0 Å². The van der Waals surface area contributed by atoms with Crippen LogP contribution >= 0.6 is 0 Å². The van der Waals surface area contributed by atoms with Gasteiger partial charge in [-0.15, -0.1) is 0 Å². The molecular formula is C108H216O9. The lowest BCUT2D eigenvalue weighted by Gasteiger charge is -2.42. The van der Waals surface area contributed by atoms with Crippen molar-refractivity contribution in [3.63, 3.8) is 0 Å². The second kappa shape index (κ2) is 58.9. The minimum absolute atomic E-state index is 0.00468. The summed E-state index contributed by atoms with van der Waals surface area (Å²) in [4.78, 5) is 0. The molecule has 0 aromatic carbocycles. The van der Waals surface area contributed by atoms with Gasteiger partial charge in [0, 0.05) is 0 Å². The van der Waals surface area contributed by atoms with E-state index < -0.39 is 0 Å². The SMILES string of the molecule is CCC1CCC(C(C)(C)C)CC1O.CCC1CCC(O)C(C(C)(C)C)C1.CCC1CCC(O)CC1C(C)(C)C.CCC1CCCC(C(C)(C)C)C1O.CCCC1C(O)CCCC1C(C)C.CCCC1CC(C(C)C)CCC1O.CCCC1CCC(C(C)C)CC1O.CCCC1CCCC(C(C)C)C1O.CCCC1CCCC(O)C1C(C)C. The summed E-state index contributed by atoms with van der Waals surface area (Å²) < 4.78 is 0. The van der Waals surface area contributed by atoms with Gasteiger partial charge in [0.15, 0.2) is 0 Å². The summed E-state index contributed by atoms with van der Waals surface area (Å²) in [6.45, 7) is 70.0. The Morgan fingerprint density at radius 2 is 0.692 bits per heavy atom. The molecule has 9 saturated carbocycles. The van der Waals surface area contributed by atoms with Gasteiger partial charge in [-0.3, -0.25) is 0 Å². The Labute approximate surface area is 732 Å². The highest BCUT2D eigenvalue weighted by Gasteiger charge is 2.42. The Hall–Kier alpha value is -0.360. The lowest BCUT2D eigenvalue weighted by atomic mass is 9.65. The van der Waals surface area contributed by atoms with Gasteiger partial charge in [-0.05, 0) is 331 Å². The Morgan fingerprint density at radius 1 is 0.256 bits per heavy atom. The third kappa shape index (κ3) is 42.4. The standard InChI is InChI=1S/9C12H24O/c1-5-9-6-7-10(13)8-11(9)12(2,3)4;1-5-9-6-7-10(8-11(9)13)12(2,3)4;1-5-9-6-7-11(13)10(8-9)12(2,3)4;1-5-9-7-6-8-10(11(9)13)12(2,3)4;1-4-6-11-10(9(2)3)7-5-8-12(11)13;1-4-6-10-7-5-8-11(13)12(10)9(2)3;1-4-6-10-7-5-8-11(9(2)3)12(10)13;1-4-5-11-8-10(9(2)3)6-7-12(11)13;1-4-5-10-6-7-11(9(2)3)8-12(10)13/h4*9-11,13H,5-8H2,1-4H3;5*9-13H,4-8H2,1-3H3. The summed E-state index contributed by atoms with van der Waals surface area (Å²) in [5.74, 6) is 15.5. The molecule has 27 unspecified atom stereocenters. The monoisotopic (exact) mass is 1660 g/mol. The molecule has 9 N–H and O–H groups in total. The third-order valence-corrected chi connectivity index (χ3v) is 32.3. The van der Waals surface area contributed by atoms with E-state index in [1.54, 1.807) is 0 Å². The summed E-state index contributed by atoms with van der Waals surface area (Å²) in [5.41, 5.74) is 1.28. The van der Waals surface area contributed by atoms with E-state index in [9.17, 15) is 46.0 Å². The van der Waals surface area contributed by atoms with Crippen molar-refractivity contribution in [2.24, 2.45) is 158 Å². The Bertz CT molecular complexity index is 2340. The van der Waals surface area contributed by atoms with Crippen LogP contribution in [0.2, 0.25) is 0 Å². The van der Waals surface area contributed by atoms with E-state index >= 15 is 0 Å². The number of rotatable bonds is 19. The summed E-state index contributed by atoms with van der Waals surface area (Å²) in [5, 5.41) is 89.3. The van der Waals surface area contributed by atoms with Crippen LogP contribution in [0.3, 0.4) is 0 Å². The second-order valence-corrected chi connectivity index (χ2v) is 46.9. The maximum absolute atomic E-state index is 10.2. The van der Waals surface area contributed by atoms with Crippen LogP contribution in [0.5, 0.6) is 0 Å². The van der Waals surface area contributed by atoms with Crippen LogP contribution in [0, 0.1) is 158 Å². The van der Waals surface area contributed by atoms with Gasteiger partial charge in [-0.2, -0.15) is 0 Å². The average Bonchev–Trinajstić information content (AvgIpc) is 0.825. The molecule has 0 bridgehead atoms. The zero-order valence-electron chi connectivity index (χ0n) is 84.5. The molecule has 0 spiro atoms. The average molecular weight is 1660 g/mol. The van der Waals surface area contributed by atoms with Gasteiger partial charge in [0.25, 0.3) is 0 Å². The van der Waals surface area contributed by atoms with Gasteiger partial charge in [0.05, 0.1) is 54.9 Å². The molecule has 0 amide bonds. The largest absolute Gasteiger partial charge is 0.393 e. The van der Waals surface area contributed by atoms with E-state index in [0.29, 0.717) is 93.7 Å². The van der Waals surface area contributed by atoms with Crippen LogP contribution in [-0.2, 0) is 0 Å². The van der Waals surface area contributed by atoms with Crippen molar-refractivity contribution in [2.75, 3.05) is 0 Å². The predicted molar refractivity (Wildman–Crippen MR) is 509 cm³/mol. The van der Waals surface area contributed by atoms with Crippen LogP contribution in [-0.4, -0.2) is 101 Å². The first-order valence-electron chi connectivity index (χ1n) is 51.7. The lowest BCUT2D eigenvalue weighted by Crippen LogP contribution is -2.40. The van der Waals surface area contributed by atoms with Crippen molar-refractivity contribution in [1.29, 1.82) is 0 Å². The first-order chi connectivity index (χ1) is 54.6. The molecule has 0 aromatic rings. The molecule has 0 heterocycles. The zero-order valence-corrected chi connectivity index (χ0v) is 84.5. The molecule has 27 atom stereocenters. The fraction of sp³-hybridized carbons (Fsp3) is 1.00. The Balaban J connectivity index is 0.000000658. The van der Waals surface area contributed by atoms with Crippen LogP contribution in [0.1, 0.15) is 478 Å². The van der Waals surface area contributed by atoms with Crippen LogP contribution < -0.4 is 0 Å². The van der Waals surface area contributed by atoms with E-state index in [1.807, 2.05) is 0 Å². The van der Waals surface area contributed by atoms with Gasteiger partial charge < -0.3 is 46.0 Å². The molecule has 0 radical (unpaired) electrons. The summed E-state index contributed by atoms with van der Waals surface area (Å²) in [6.07, 6.45) is 49.0. The predicted octanol–water partition coefficient (Wildman–Crippen LogP) is 29.0. The summed E-state index contributed by atoms with van der Waals surface area (Å²) in [7, 11) is 0. The molecule has 0 aliphatic heterocycles. The topological polar surface area (TPSA) is 182 Å². The maximum Gasteiger partial charge on any atom is 0.0601 e. The van der Waals surface area contributed by atoms with Gasteiger partial charge in [0.1, 0.15) is 0 Å². The molecule has 9 aliphatic carbocycles. The fourth-order valence-corrected chi connectivity index (χ4v) is 24.1. The lowest BCUT2D eigenvalue weighted by molar-refractivity contribution is -0.0313. The Kier molecular flexibility index (Phi) is 57.7. The van der Waals surface area contributed by atoms with Crippen molar-refractivity contribution < 1.29 is 46.0 Å². The highest BCUT2D eigenvalue weighted by molar-refractivity contribution is 4.93. The quantitative estimate of drug-likeness (QED) is 0.0608. The van der Waals surface area contributed by atoms with Gasteiger partial charge in [-0.1, -0.05) is 305 Å². The minimum atomic E-state index is -0.0567. The van der Waals surface area contributed by atoms with Crippen molar-refractivity contribution >= 4 is 0 Å². The second-order valence-electron chi connectivity index (χ2n) is 46.9. The minimum Gasteiger partial charge on any atom is -0.393 e. The van der Waals surface area contributed by atoms with E-state index in [4.69, 9.17) is 0 Å². The fourth-order valence-electron chi connectivity index (χ4n) is 24.1. The third-order valence-electron chi connectivity index (χ3n) is 32.3. The zero-order chi connectivity index (χ0) is 89.5. The molecule has 9 nitrogen and oxygen atoms in total. The molecule has 9 fully saturated rings. The first kappa shape index (κ1) is 115. The van der Waals surface area contributed by atoms with Gasteiger partial charge >= 0.3 is 0 Å². The smallest absolute Gasteiger partial charge is 0.0601 e. The van der Waals surface area contributed by atoms with Crippen LogP contribution in [0.15, 0.2) is 0 Å². The summed E-state index contributed by atoms with van der Waals surface area (Å²) in [6, 6.07) is 0. The van der Waals surface area contributed by atoms with Crippen molar-refractivity contribution in [1.82, 2.24) is 0 Å². The number of aliphatic hydroxyl groups is 9. The maximum atomic E-state index is 10.2. The highest BCUT2D eigenvalue weighted by atomic mass is 16.3. The van der Waals surface area contributed by atoms with Crippen LogP contribution in [0.4, 0.5) is 0 Å².